The van der Waals surface area contributed by atoms with Gasteiger partial charge in [-0.25, -0.2) is 0 Å². The fraction of sp³-hybridized carbons (Fsp3) is 0.250. The number of carbonyl (C=O) groups is 1. The van der Waals surface area contributed by atoms with Crippen molar-refractivity contribution in [2.75, 3.05) is 12.9 Å². The van der Waals surface area contributed by atoms with Gasteiger partial charge in [-0.05, 0) is 55.5 Å². The van der Waals surface area contributed by atoms with E-state index < -0.39 is 0 Å². The van der Waals surface area contributed by atoms with Crippen molar-refractivity contribution in [1.29, 1.82) is 0 Å². The maximum Gasteiger partial charge on any atom is 0.233 e. The van der Waals surface area contributed by atoms with Crippen molar-refractivity contribution in [3.63, 3.8) is 0 Å². The number of amides is 1. The molecular weight excluding hydrogens is 366 g/mol. The van der Waals surface area contributed by atoms with Crippen LogP contribution in [0.15, 0.2) is 64.1 Å². The van der Waals surface area contributed by atoms with Crippen molar-refractivity contribution < 1.29 is 13.9 Å². The number of methoxy groups -OCH3 is 1. The Balaban J connectivity index is 1.64. The Hall–Kier alpha value is -2.18. The molecule has 0 aliphatic heterocycles. The third kappa shape index (κ3) is 5.16. The van der Waals surface area contributed by atoms with Crippen molar-refractivity contribution in [3.8, 4) is 5.75 Å². The second-order valence-electron chi connectivity index (χ2n) is 5.81. The summed E-state index contributed by atoms with van der Waals surface area (Å²) in [5.74, 6) is 2.08. The molecule has 0 bridgehead atoms. The van der Waals surface area contributed by atoms with Gasteiger partial charge in [0.1, 0.15) is 11.5 Å². The zero-order valence-corrected chi connectivity index (χ0v) is 16.4. The minimum Gasteiger partial charge on any atom is -0.497 e. The van der Waals surface area contributed by atoms with E-state index in [0.717, 1.165) is 16.4 Å². The van der Waals surface area contributed by atoms with E-state index in [9.17, 15) is 4.79 Å². The monoisotopic (exact) mass is 387 g/mol. The molecule has 0 aliphatic carbocycles. The molecule has 0 fully saturated rings. The lowest BCUT2D eigenvalue weighted by Crippen LogP contribution is -2.31. The molecule has 3 rings (SSSR count). The molecule has 6 heteroatoms. The first-order valence-corrected chi connectivity index (χ1v) is 10.1. The molecule has 2 aromatic heterocycles. The van der Waals surface area contributed by atoms with Crippen LogP contribution in [0.4, 0.5) is 0 Å². The summed E-state index contributed by atoms with van der Waals surface area (Å²) in [7, 11) is 1.64. The lowest BCUT2D eigenvalue weighted by atomic mass is 10.3. The number of thiophene rings is 1. The molecule has 0 saturated carbocycles. The summed E-state index contributed by atoms with van der Waals surface area (Å²) in [6, 6.07) is 15.7. The lowest BCUT2D eigenvalue weighted by molar-refractivity contribution is -0.129. The quantitative estimate of drug-likeness (QED) is 0.511. The molecule has 0 saturated heterocycles. The van der Waals surface area contributed by atoms with Gasteiger partial charge in [0.25, 0.3) is 0 Å². The molecule has 0 N–H and O–H groups in total. The van der Waals surface area contributed by atoms with E-state index in [1.165, 1.54) is 21.5 Å². The predicted octanol–water partition coefficient (Wildman–Crippen LogP) is 4.98. The van der Waals surface area contributed by atoms with E-state index in [-0.39, 0.29) is 5.91 Å². The summed E-state index contributed by atoms with van der Waals surface area (Å²) in [5.41, 5.74) is 0. The largest absolute Gasteiger partial charge is 0.497 e. The van der Waals surface area contributed by atoms with Gasteiger partial charge >= 0.3 is 0 Å². The van der Waals surface area contributed by atoms with Crippen molar-refractivity contribution in [2.24, 2.45) is 0 Å². The Labute approximate surface area is 161 Å². The van der Waals surface area contributed by atoms with Crippen molar-refractivity contribution >= 4 is 29.0 Å². The molecule has 2 heterocycles. The van der Waals surface area contributed by atoms with Gasteiger partial charge in [0.15, 0.2) is 0 Å². The number of furan rings is 1. The van der Waals surface area contributed by atoms with Gasteiger partial charge < -0.3 is 14.1 Å². The van der Waals surface area contributed by atoms with Gasteiger partial charge in [-0.3, -0.25) is 4.79 Å². The van der Waals surface area contributed by atoms with E-state index in [0.29, 0.717) is 18.8 Å². The highest BCUT2D eigenvalue weighted by Gasteiger charge is 2.17. The van der Waals surface area contributed by atoms with Crippen LogP contribution < -0.4 is 4.74 Å². The maximum absolute atomic E-state index is 12.8. The fourth-order valence-electron chi connectivity index (χ4n) is 2.49. The zero-order valence-electron chi connectivity index (χ0n) is 14.8. The average molecular weight is 388 g/mol. The van der Waals surface area contributed by atoms with Crippen molar-refractivity contribution in [2.45, 2.75) is 24.9 Å². The second-order valence-corrected chi connectivity index (χ2v) is 8.23. The van der Waals surface area contributed by atoms with Gasteiger partial charge in [-0.15, -0.1) is 23.1 Å². The van der Waals surface area contributed by atoms with E-state index >= 15 is 0 Å². The number of thioether (sulfide) groups is 1. The standard InChI is InChI=1S/C20H21NO3S2/c1-15-5-8-19(26-15)13-21(12-17-4-3-11-24-17)20(22)14-25-18-9-6-16(23-2)7-10-18/h3-11H,12-14H2,1-2H3. The molecule has 26 heavy (non-hydrogen) atoms. The molecule has 4 nitrogen and oxygen atoms in total. The third-order valence-electron chi connectivity index (χ3n) is 3.84. The molecule has 1 aromatic carbocycles. The Bertz CT molecular complexity index is 825. The van der Waals surface area contributed by atoms with Gasteiger partial charge in [-0.2, -0.15) is 0 Å². The molecule has 0 aliphatic rings. The number of ether oxygens (including phenoxy) is 1. The summed E-state index contributed by atoms with van der Waals surface area (Å²) in [6.07, 6.45) is 1.64. The SMILES string of the molecule is COc1ccc(SCC(=O)N(Cc2ccco2)Cc2ccc(C)s2)cc1. The second kappa shape index (κ2) is 8.96. The summed E-state index contributed by atoms with van der Waals surface area (Å²) in [6.45, 7) is 3.15. The average Bonchev–Trinajstić information content (AvgIpc) is 3.31. The Morgan fingerprint density at radius 2 is 1.96 bits per heavy atom. The summed E-state index contributed by atoms with van der Waals surface area (Å²) in [4.78, 5) is 18.1. The first kappa shape index (κ1) is 18.6. The van der Waals surface area contributed by atoms with Gasteiger partial charge in [0.2, 0.25) is 5.91 Å². The maximum atomic E-state index is 12.8. The number of hydrogen-bond acceptors (Lipinski definition) is 5. The Morgan fingerprint density at radius 3 is 2.58 bits per heavy atom. The molecule has 3 aromatic rings. The van der Waals surface area contributed by atoms with E-state index in [2.05, 4.69) is 19.1 Å². The van der Waals surface area contributed by atoms with Crippen LogP contribution in [0.2, 0.25) is 0 Å². The number of rotatable bonds is 8. The van der Waals surface area contributed by atoms with E-state index in [1.54, 1.807) is 24.7 Å². The number of nitrogens with zero attached hydrogens (tertiary/aromatic N) is 1. The van der Waals surface area contributed by atoms with Crippen LogP contribution in [-0.2, 0) is 17.9 Å². The van der Waals surface area contributed by atoms with Crippen molar-refractivity contribution in [1.82, 2.24) is 4.90 Å². The van der Waals surface area contributed by atoms with Gasteiger partial charge in [0.05, 0.1) is 32.2 Å². The molecule has 1 amide bonds. The van der Waals surface area contributed by atoms with Crippen LogP contribution in [0.25, 0.3) is 0 Å². The normalized spacial score (nSPS) is 10.7. The summed E-state index contributed by atoms with van der Waals surface area (Å²) >= 11 is 3.25. The number of hydrogen-bond donors (Lipinski definition) is 0. The summed E-state index contributed by atoms with van der Waals surface area (Å²) in [5, 5.41) is 0. The van der Waals surface area contributed by atoms with Crippen LogP contribution >= 0.6 is 23.1 Å². The molecule has 0 radical (unpaired) electrons. The number of benzene rings is 1. The van der Waals surface area contributed by atoms with Crippen LogP contribution in [-0.4, -0.2) is 23.7 Å². The molecule has 0 atom stereocenters. The molecule has 136 valence electrons. The molecule has 0 unspecified atom stereocenters. The minimum atomic E-state index is 0.0910. The predicted molar refractivity (Wildman–Crippen MR) is 106 cm³/mol. The lowest BCUT2D eigenvalue weighted by Gasteiger charge is -2.21. The first-order chi connectivity index (χ1) is 12.6. The molecule has 0 spiro atoms. The van der Waals surface area contributed by atoms with Crippen molar-refractivity contribution in [3.05, 3.63) is 70.3 Å². The highest BCUT2D eigenvalue weighted by molar-refractivity contribution is 8.00. The smallest absolute Gasteiger partial charge is 0.233 e. The Kier molecular flexibility index (Phi) is 6.41. The Morgan fingerprint density at radius 1 is 1.15 bits per heavy atom. The molecular formula is C20H21NO3S2. The topological polar surface area (TPSA) is 42.7 Å². The third-order valence-corrected chi connectivity index (χ3v) is 5.83. The van der Waals surface area contributed by atoms with E-state index in [1.807, 2.05) is 41.3 Å². The van der Waals surface area contributed by atoms with Gasteiger partial charge in [-0.1, -0.05) is 0 Å². The fourth-order valence-corrected chi connectivity index (χ4v) is 4.20. The van der Waals surface area contributed by atoms with Gasteiger partial charge in [0, 0.05) is 14.6 Å². The number of aryl methyl sites for hydroxylation is 1. The zero-order chi connectivity index (χ0) is 18.4. The highest BCUT2D eigenvalue weighted by atomic mass is 32.2. The number of carbonyl (C=O) groups excluding carboxylic acids is 1. The highest BCUT2D eigenvalue weighted by Crippen LogP contribution is 2.23. The minimum absolute atomic E-state index is 0.0910. The summed E-state index contributed by atoms with van der Waals surface area (Å²) < 4.78 is 10.6. The van der Waals surface area contributed by atoms with Crippen LogP contribution in [0.1, 0.15) is 15.5 Å². The van der Waals surface area contributed by atoms with E-state index in [4.69, 9.17) is 9.15 Å². The van der Waals surface area contributed by atoms with Crippen LogP contribution in [0.3, 0.4) is 0 Å². The first-order valence-electron chi connectivity index (χ1n) is 8.26. The van der Waals surface area contributed by atoms with Crippen LogP contribution in [0.5, 0.6) is 5.75 Å². The van der Waals surface area contributed by atoms with Crippen LogP contribution in [0, 0.1) is 6.92 Å².